The van der Waals surface area contributed by atoms with Gasteiger partial charge in [0.2, 0.25) is 0 Å². The molecular weight excluding hydrogens is 384 g/mol. The second kappa shape index (κ2) is 7.62. The third kappa shape index (κ3) is 3.52. The molecule has 0 bridgehead atoms. The number of aromatic nitrogens is 3. The van der Waals surface area contributed by atoms with E-state index in [1.807, 2.05) is 24.3 Å². The fraction of sp³-hybridized carbons (Fsp3) is 0.273. The lowest BCUT2D eigenvalue weighted by atomic mass is 9.98. The molecule has 0 spiro atoms. The van der Waals surface area contributed by atoms with E-state index in [0.29, 0.717) is 5.69 Å². The number of rotatable bonds is 6. The van der Waals surface area contributed by atoms with Crippen LogP contribution in [0.2, 0.25) is 0 Å². The van der Waals surface area contributed by atoms with Crippen LogP contribution in [0.15, 0.2) is 54.7 Å². The molecule has 0 unspecified atom stereocenters. The largest absolute Gasteiger partial charge is 0.479 e. The SMILES string of the molecule is CC(C)(C(=O)O)n1cc(CNC(=O)OCC2c3ccccc3-c3ccccc32)nn1. The van der Waals surface area contributed by atoms with Gasteiger partial charge in [0.05, 0.1) is 12.7 Å². The number of fused-ring (bicyclic) bond motifs is 3. The minimum Gasteiger partial charge on any atom is -0.479 e. The van der Waals surface area contributed by atoms with Crippen LogP contribution >= 0.6 is 0 Å². The van der Waals surface area contributed by atoms with Gasteiger partial charge >= 0.3 is 12.1 Å². The molecule has 0 atom stereocenters. The maximum atomic E-state index is 12.2. The number of amides is 1. The molecule has 1 aromatic heterocycles. The molecule has 154 valence electrons. The van der Waals surface area contributed by atoms with Crippen LogP contribution in [0.3, 0.4) is 0 Å². The van der Waals surface area contributed by atoms with Crippen LogP contribution in [-0.4, -0.2) is 38.8 Å². The lowest BCUT2D eigenvalue weighted by Gasteiger charge is -2.18. The third-order valence-corrected chi connectivity index (χ3v) is 5.39. The summed E-state index contributed by atoms with van der Waals surface area (Å²) in [5.41, 5.74) is 3.84. The van der Waals surface area contributed by atoms with Gasteiger partial charge < -0.3 is 15.2 Å². The molecule has 2 aromatic carbocycles. The van der Waals surface area contributed by atoms with Crippen molar-refractivity contribution in [3.05, 3.63) is 71.5 Å². The molecule has 8 nitrogen and oxygen atoms in total. The van der Waals surface area contributed by atoms with Crippen molar-refractivity contribution in [3.8, 4) is 11.1 Å². The summed E-state index contributed by atoms with van der Waals surface area (Å²) in [4.78, 5) is 23.5. The van der Waals surface area contributed by atoms with E-state index < -0.39 is 17.6 Å². The van der Waals surface area contributed by atoms with Gasteiger partial charge in [-0.15, -0.1) is 5.10 Å². The van der Waals surface area contributed by atoms with Crippen LogP contribution in [-0.2, 0) is 21.6 Å². The highest BCUT2D eigenvalue weighted by molar-refractivity contribution is 5.79. The molecule has 1 aliphatic rings. The van der Waals surface area contributed by atoms with E-state index >= 15 is 0 Å². The summed E-state index contributed by atoms with van der Waals surface area (Å²) < 4.78 is 6.73. The summed E-state index contributed by atoms with van der Waals surface area (Å²) >= 11 is 0. The minimum absolute atomic E-state index is 0.0135. The van der Waals surface area contributed by atoms with Gasteiger partial charge in [-0.3, -0.25) is 0 Å². The Hall–Kier alpha value is -3.68. The highest BCUT2D eigenvalue weighted by Gasteiger charge is 2.31. The van der Waals surface area contributed by atoms with E-state index in [9.17, 15) is 14.7 Å². The van der Waals surface area contributed by atoms with Gasteiger partial charge in [0, 0.05) is 5.92 Å². The summed E-state index contributed by atoms with van der Waals surface area (Å²) in [6.45, 7) is 3.35. The third-order valence-electron chi connectivity index (χ3n) is 5.39. The fourth-order valence-electron chi connectivity index (χ4n) is 3.56. The van der Waals surface area contributed by atoms with Gasteiger partial charge in [-0.25, -0.2) is 14.3 Å². The van der Waals surface area contributed by atoms with Gasteiger partial charge in [-0.1, -0.05) is 53.7 Å². The molecule has 0 fully saturated rings. The molecule has 0 saturated heterocycles. The maximum Gasteiger partial charge on any atom is 0.407 e. The topological polar surface area (TPSA) is 106 Å². The van der Waals surface area contributed by atoms with E-state index in [1.165, 1.54) is 35.9 Å². The first-order chi connectivity index (χ1) is 14.4. The number of nitrogens with one attached hydrogen (secondary N) is 1. The van der Waals surface area contributed by atoms with E-state index in [2.05, 4.69) is 39.9 Å². The van der Waals surface area contributed by atoms with Crippen molar-refractivity contribution in [2.75, 3.05) is 6.61 Å². The van der Waals surface area contributed by atoms with E-state index in [1.54, 1.807) is 0 Å². The normalized spacial score (nSPS) is 12.9. The zero-order chi connectivity index (χ0) is 21.3. The number of hydrogen-bond donors (Lipinski definition) is 2. The smallest absolute Gasteiger partial charge is 0.407 e. The molecule has 4 rings (SSSR count). The Morgan fingerprint density at radius 2 is 1.70 bits per heavy atom. The van der Waals surface area contributed by atoms with Crippen molar-refractivity contribution in [3.63, 3.8) is 0 Å². The number of hydrogen-bond acceptors (Lipinski definition) is 5. The second-order valence-corrected chi connectivity index (χ2v) is 7.70. The highest BCUT2D eigenvalue weighted by Crippen LogP contribution is 2.44. The first-order valence-corrected chi connectivity index (χ1v) is 9.62. The lowest BCUT2D eigenvalue weighted by molar-refractivity contribution is -0.146. The molecule has 1 amide bonds. The van der Waals surface area contributed by atoms with Crippen LogP contribution in [0.5, 0.6) is 0 Å². The Labute approximate surface area is 173 Å². The summed E-state index contributed by atoms with van der Waals surface area (Å²) in [6.07, 6.45) is 0.932. The number of carbonyl (C=O) groups excluding carboxylic acids is 1. The van der Waals surface area contributed by atoms with E-state index in [0.717, 1.165) is 11.1 Å². The maximum absolute atomic E-state index is 12.2. The van der Waals surface area contributed by atoms with Gasteiger partial charge in [0.1, 0.15) is 12.3 Å². The molecule has 0 saturated carbocycles. The first-order valence-electron chi connectivity index (χ1n) is 9.62. The van der Waals surface area contributed by atoms with E-state index in [-0.39, 0.29) is 19.1 Å². The summed E-state index contributed by atoms with van der Waals surface area (Å²) in [5.74, 6) is -1.04. The monoisotopic (exact) mass is 406 g/mol. The number of ether oxygens (including phenoxy) is 1. The number of alkyl carbamates (subject to hydrolysis) is 1. The van der Waals surface area contributed by atoms with Crippen LogP contribution in [0.1, 0.15) is 36.6 Å². The van der Waals surface area contributed by atoms with Crippen molar-refractivity contribution in [2.24, 2.45) is 0 Å². The zero-order valence-electron chi connectivity index (χ0n) is 16.7. The number of carboxylic acids is 1. The molecule has 1 aliphatic carbocycles. The molecule has 30 heavy (non-hydrogen) atoms. The number of benzene rings is 2. The van der Waals surface area contributed by atoms with Crippen LogP contribution in [0.4, 0.5) is 4.79 Å². The molecule has 0 aliphatic heterocycles. The number of aliphatic carboxylic acids is 1. The van der Waals surface area contributed by atoms with Crippen LogP contribution in [0, 0.1) is 0 Å². The summed E-state index contributed by atoms with van der Waals surface area (Å²) in [5, 5.41) is 19.7. The minimum atomic E-state index is -1.23. The van der Waals surface area contributed by atoms with Crippen molar-refractivity contribution in [1.29, 1.82) is 0 Å². The van der Waals surface area contributed by atoms with Gasteiger partial charge in [-0.05, 0) is 36.1 Å². The Kier molecular flexibility index (Phi) is 4.99. The van der Waals surface area contributed by atoms with Crippen molar-refractivity contribution >= 4 is 12.1 Å². The fourth-order valence-corrected chi connectivity index (χ4v) is 3.56. The Balaban J connectivity index is 1.37. The standard InChI is InChI=1S/C22H22N4O4/c1-22(2,20(27)28)26-12-14(24-25-26)11-23-21(29)30-13-19-17-9-5-3-7-15(17)16-8-4-6-10-18(16)19/h3-10,12,19H,11,13H2,1-2H3,(H,23,29)(H,27,28). The van der Waals surface area contributed by atoms with Crippen LogP contribution in [0.25, 0.3) is 11.1 Å². The highest BCUT2D eigenvalue weighted by atomic mass is 16.5. The van der Waals surface area contributed by atoms with Gasteiger partial charge in [0.25, 0.3) is 0 Å². The first kappa shape index (κ1) is 19.6. The van der Waals surface area contributed by atoms with Crippen molar-refractivity contribution in [1.82, 2.24) is 20.3 Å². The molecule has 8 heteroatoms. The number of nitrogens with zero attached hydrogens (tertiary/aromatic N) is 3. The number of carboxylic acid groups (broad SMARTS) is 1. The predicted molar refractivity (Wildman–Crippen MR) is 109 cm³/mol. The van der Waals surface area contributed by atoms with Gasteiger partial charge in [-0.2, -0.15) is 0 Å². The molecule has 1 heterocycles. The zero-order valence-corrected chi connectivity index (χ0v) is 16.7. The van der Waals surface area contributed by atoms with Crippen LogP contribution < -0.4 is 5.32 Å². The Morgan fingerprint density at radius 3 is 2.30 bits per heavy atom. The lowest BCUT2D eigenvalue weighted by Crippen LogP contribution is -2.36. The predicted octanol–water partition coefficient (Wildman–Crippen LogP) is 3.14. The van der Waals surface area contributed by atoms with Crippen molar-refractivity contribution < 1.29 is 19.4 Å². The number of carbonyl (C=O) groups is 2. The molecular formula is C22H22N4O4. The molecule has 3 aromatic rings. The van der Waals surface area contributed by atoms with E-state index in [4.69, 9.17) is 4.74 Å². The second-order valence-electron chi connectivity index (χ2n) is 7.70. The molecule has 2 N–H and O–H groups in total. The average Bonchev–Trinajstić information content (AvgIpc) is 3.34. The summed E-state index contributed by atoms with van der Waals surface area (Å²) in [7, 11) is 0. The summed E-state index contributed by atoms with van der Waals surface area (Å²) in [6, 6.07) is 16.3. The molecule has 0 radical (unpaired) electrons. The van der Waals surface area contributed by atoms with Gasteiger partial charge in [0.15, 0.2) is 5.54 Å². The Bertz CT molecular complexity index is 1060. The van der Waals surface area contributed by atoms with Crippen molar-refractivity contribution in [2.45, 2.75) is 31.8 Å². The quantitative estimate of drug-likeness (QED) is 0.651. The Morgan fingerprint density at radius 1 is 1.10 bits per heavy atom. The average molecular weight is 406 g/mol.